The second-order valence-corrected chi connectivity index (χ2v) is 4.86. The predicted molar refractivity (Wildman–Crippen MR) is 67.3 cm³/mol. The van der Waals surface area contributed by atoms with Crippen molar-refractivity contribution in [3.05, 3.63) is 29.8 Å². The molecule has 1 rings (SSSR count). The maximum atomic E-state index is 12.0. The van der Waals surface area contributed by atoms with E-state index < -0.39 is 11.9 Å². The molecule has 0 amide bonds. The number of nitrogens with one attached hydrogen (secondary N) is 1. The molecule has 0 saturated carbocycles. The van der Waals surface area contributed by atoms with E-state index in [1.54, 1.807) is 13.8 Å². The molecule has 0 saturated heterocycles. The van der Waals surface area contributed by atoms with Gasteiger partial charge in [0.05, 0.1) is 18.8 Å². The Balaban J connectivity index is 2.73. The van der Waals surface area contributed by atoms with Crippen molar-refractivity contribution in [1.29, 1.82) is 0 Å². The van der Waals surface area contributed by atoms with Crippen LogP contribution in [0.15, 0.2) is 24.3 Å². The molecule has 1 unspecified atom stereocenters. The molecule has 0 heterocycles. The Morgan fingerprint density at radius 3 is 2.05 bits per heavy atom. The summed E-state index contributed by atoms with van der Waals surface area (Å²) in [5.74, 6) is -0.291. The van der Waals surface area contributed by atoms with E-state index in [0.29, 0.717) is 5.56 Å². The Hall–Kier alpha value is -1.31. The molecule has 0 aromatic heterocycles. The third-order valence-electron chi connectivity index (χ3n) is 2.88. The van der Waals surface area contributed by atoms with Gasteiger partial charge in [-0.2, -0.15) is 0 Å². The van der Waals surface area contributed by atoms with E-state index in [1.807, 2.05) is 0 Å². The molecule has 0 radical (unpaired) electrons. The van der Waals surface area contributed by atoms with Crippen LogP contribution < -0.4 is 10.1 Å². The number of halogens is 3. The van der Waals surface area contributed by atoms with Gasteiger partial charge in [-0.1, -0.05) is 12.1 Å². The first-order valence-electron chi connectivity index (χ1n) is 6.04. The zero-order valence-electron chi connectivity index (χ0n) is 11.2. The molecule has 1 aromatic carbocycles. The zero-order chi connectivity index (χ0) is 15.4. The summed E-state index contributed by atoms with van der Waals surface area (Å²) in [7, 11) is 0. The molecule has 20 heavy (non-hydrogen) atoms. The van der Waals surface area contributed by atoms with E-state index in [0.717, 1.165) is 0 Å². The number of hydrogen-bond acceptors (Lipinski definition) is 4. The number of rotatable bonds is 6. The van der Waals surface area contributed by atoms with Gasteiger partial charge in [0.2, 0.25) is 0 Å². The van der Waals surface area contributed by atoms with Crippen LogP contribution in [0.5, 0.6) is 5.75 Å². The van der Waals surface area contributed by atoms with Crippen LogP contribution in [0, 0.1) is 0 Å². The van der Waals surface area contributed by atoms with Gasteiger partial charge in [-0.25, -0.2) is 0 Å². The van der Waals surface area contributed by atoms with Gasteiger partial charge >= 0.3 is 6.36 Å². The number of hydrogen-bond donors (Lipinski definition) is 3. The molecule has 0 fully saturated rings. The van der Waals surface area contributed by atoms with Crippen molar-refractivity contribution >= 4 is 0 Å². The minimum atomic E-state index is -4.71. The van der Waals surface area contributed by atoms with Crippen molar-refractivity contribution in [3.63, 3.8) is 0 Å². The van der Waals surface area contributed by atoms with Crippen LogP contribution in [0.25, 0.3) is 0 Å². The summed E-state index contributed by atoms with van der Waals surface area (Å²) < 4.78 is 39.9. The lowest BCUT2D eigenvalue weighted by atomic mass is 10.0. The van der Waals surface area contributed by atoms with Crippen molar-refractivity contribution in [2.24, 2.45) is 0 Å². The Kier molecular flexibility index (Phi) is 5.38. The standard InChI is InChI=1S/C13H18F3NO3/c1-9(17-12(2,7-18)8-19)10-3-5-11(6-4-10)20-13(14,15)16/h3-6,9,17-19H,7-8H2,1-2H3. The van der Waals surface area contributed by atoms with E-state index in [2.05, 4.69) is 10.1 Å². The molecule has 7 heteroatoms. The lowest BCUT2D eigenvalue weighted by Crippen LogP contribution is -2.49. The lowest BCUT2D eigenvalue weighted by molar-refractivity contribution is -0.274. The fourth-order valence-corrected chi connectivity index (χ4v) is 1.71. The molecule has 3 N–H and O–H groups in total. The van der Waals surface area contributed by atoms with Crippen molar-refractivity contribution in [3.8, 4) is 5.75 Å². The predicted octanol–water partition coefficient (Wildman–Crippen LogP) is 1.98. The quantitative estimate of drug-likeness (QED) is 0.750. The highest BCUT2D eigenvalue weighted by molar-refractivity contribution is 5.29. The van der Waals surface area contributed by atoms with E-state index in [-0.39, 0.29) is 25.0 Å². The number of benzene rings is 1. The zero-order valence-corrected chi connectivity index (χ0v) is 11.2. The maximum absolute atomic E-state index is 12.0. The minimum absolute atomic E-state index is 0.251. The fraction of sp³-hybridized carbons (Fsp3) is 0.538. The van der Waals surface area contributed by atoms with Gasteiger partial charge in [0.1, 0.15) is 5.75 Å². The van der Waals surface area contributed by atoms with E-state index in [9.17, 15) is 23.4 Å². The first kappa shape index (κ1) is 16.7. The van der Waals surface area contributed by atoms with E-state index in [4.69, 9.17) is 0 Å². The smallest absolute Gasteiger partial charge is 0.406 e. The van der Waals surface area contributed by atoms with Crippen LogP contribution in [0.3, 0.4) is 0 Å². The summed E-state index contributed by atoms with van der Waals surface area (Å²) in [5.41, 5.74) is -0.145. The molecular weight excluding hydrogens is 275 g/mol. The van der Waals surface area contributed by atoms with E-state index in [1.165, 1.54) is 24.3 Å². The number of aliphatic hydroxyl groups is 2. The average Bonchev–Trinajstić information content (AvgIpc) is 2.37. The number of ether oxygens (including phenoxy) is 1. The number of alkyl halides is 3. The van der Waals surface area contributed by atoms with Gasteiger partial charge < -0.3 is 20.3 Å². The minimum Gasteiger partial charge on any atom is -0.406 e. The highest BCUT2D eigenvalue weighted by Gasteiger charge is 2.31. The summed E-state index contributed by atoms with van der Waals surface area (Å²) in [6.45, 7) is 2.90. The molecule has 0 bridgehead atoms. The van der Waals surface area contributed by atoms with Gasteiger partial charge in [-0.15, -0.1) is 13.2 Å². The summed E-state index contributed by atoms with van der Waals surface area (Å²) in [4.78, 5) is 0. The van der Waals surface area contributed by atoms with Crippen molar-refractivity contribution < 1.29 is 28.1 Å². The van der Waals surface area contributed by atoms with Gasteiger partial charge in [-0.05, 0) is 31.5 Å². The van der Waals surface area contributed by atoms with Gasteiger partial charge in [-0.3, -0.25) is 0 Å². The lowest BCUT2D eigenvalue weighted by Gasteiger charge is -2.30. The summed E-state index contributed by atoms with van der Waals surface area (Å²) in [6.07, 6.45) is -4.71. The van der Waals surface area contributed by atoms with Gasteiger partial charge in [0.15, 0.2) is 0 Å². The Morgan fingerprint density at radius 1 is 1.15 bits per heavy atom. The molecule has 0 spiro atoms. The van der Waals surface area contributed by atoms with E-state index >= 15 is 0 Å². The maximum Gasteiger partial charge on any atom is 0.573 e. The highest BCUT2D eigenvalue weighted by Crippen LogP contribution is 2.25. The Bertz CT molecular complexity index is 416. The van der Waals surface area contributed by atoms with Crippen LogP contribution in [-0.2, 0) is 0 Å². The molecule has 114 valence electrons. The van der Waals surface area contributed by atoms with Crippen LogP contribution in [0.2, 0.25) is 0 Å². The molecule has 0 aliphatic carbocycles. The summed E-state index contributed by atoms with van der Waals surface area (Å²) in [5, 5.41) is 21.4. The SMILES string of the molecule is CC(NC(C)(CO)CO)c1ccc(OC(F)(F)F)cc1. The molecule has 0 aliphatic rings. The van der Waals surface area contributed by atoms with Crippen molar-refractivity contribution in [1.82, 2.24) is 5.32 Å². The van der Waals surface area contributed by atoms with Crippen LogP contribution in [0.4, 0.5) is 13.2 Å². The van der Waals surface area contributed by atoms with Crippen molar-refractivity contribution in [2.45, 2.75) is 31.8 Å². The first-order chi connectivity index (χ1) is 9.19. The third-order valence-corrected chi connectivity index (χ3v) is 2.88. The summed E-state index contributed by atoms with van der Waals surface area (Å²) >= 11 is 0. The monoisotopic (exact) mass is 293 g/mol. The molecule has 0 aliphatic heterocycles. The molecular formula is C13H18F3NO3. The Labute approximate surface area is 115 Å². The highest BCUT2D eigenvalue weighted by atomic mass is 19.4. The normalized spacial score (nSPS) is 14.2. The second-order valence-electron chi connectivity index (χ2n) is 4.86. The molecule has 1 atom stereocenters. The second kappa shape index (κ2) is 6.43. The first-order valence-corrected chi connectivity index (χ1v) is 6.04. The fourth-order valence-electron chi connectivity index (χ4n) is 1.71. The Morgan fingerprint density at radius 2 is 1.65 bits per heavy atom. The van der Waals surface area contributed by atoms with Crippen LogP contribution in [0.1, 0.15) is 25.5 Å². The van der Waals surface area contributed by atoms with Gasteiger partial charge in [0, 0.05) is 6.04 Å². The van der Waals surface area contributed by atoms with Crippen molar-refractivity contribution in [2.75, 3.05) is 13.2 Å². The van der Waals surface area contributed by atoms with Crippen LogP contribution in [-0.4, -0.2) is 35.3 Å². The summed E-state index contributed by atoms with van der Waals surface area (Å²) in [6, 6.07) is 5.17. The molecule has 1 aromatic rings. The van der Waals surface area contributed by atoms with Gasteiger partial charge in [0.25, 0.3) is 0 Å². The molecule has 4 nitrogen and oxygen atoms in total. The largest absolute Gasteiger partial charge is 0.573 e. The third kappa shape index (κ3) is 4.99. The topological polar surface area (TPSA) is 61.7 Å². The van der Waals surface area contributed by atoms with Crippen LogP contribution >= 0.6 is 0 Å². The number of aliphatic hydroxyl groups excluding tert-OH is 2. The average molecular weight is 293 g/mol.